The van der Waals surface area contributed by atoms with Crippen LogP contribution in [0.2, 0.25) is 0 Å². The number of ether oxygens (including phenoxy) is 6. The van der Waals surface area contributed by atoms with Crippen molar-refractivity contribution < 1.29 is 33.2 Å². The molecule has 38 heavy (non-hydrogen) atoms. The normalized spacial score (nSPS) is 15.4. The van der Waals surface area contributed by atoms with E-state index in [1.54, 1.807) is 46.6 Å². The van der Waals surface area contributed by atoms with Gasteiger partial charge in [-0.2, -0.15) is 0 Å². The molecule has 0 saturated heterocycles. The molecule has 0 bridgehead atoms. The van der Waals surface area contributed by atoms with Gasteiger partial charge in [0.15, 0.2) is 17.3 Å². The van der Waals surface area contributed by atoms with Gasteiger partial charge >= 0.3 is 0 Å². The molecule has 0 unspecified atom stereocenters. The Labute approximate surface area is 222 Å². The molecule has 0 saturated carbocycles. The van der Waals surface area contributed by atoms with Gasteiger partial charge in [-0.3, -0.25) is 9.69 Å². The summed E-state index contributed by atoms with van der Waals surface area (Å²) in [5, 5.41) is 0. The molecular formula is C30H31NO7. The fraction of sp³-hybridized carbons (Fsp3) is 0.300. The van der Waals surface area contributed by atoms with Gasteiger partial charge in [0.25, 0.3) is 0 Å². The van der Waals surface area contributed by atoms with Crippen molar-refractivity contribution in [3.8, 4) is 34.5 Å². The van der Waals surface area contributed by atoms with Crippen LogP contribution >= 0.6 is 0 Å². The van der Waals surface area contributed by atoms with Gasteiger partial charge in [-0.15, -0.1) is 0 Å². The van der Waals surface area contributed by atoms with E-state index in [2.05, 4.69) is 11.0 Å². The number of rotatable bonds is 8. The van der Waals surface area contributed by atoms with Crippen LogP contribution in [0.1, 0.15) is 32.6 Å². The summed E-state index contributed by atoms with van der Waals surface area (Å²) < 4.78 is 34.0. The van der Waals surface area contributed by atoms with Crippen LogP contribution < -0.4 is 28.4 Å². The third-order valence-electron chi connectivity index (χ3n) is 6.91. The minimum atomic E-state index is -0.186. The molecule has 198 valence electrons. The molecule has 8 heteroatoms. The molecule has 0 spiro atoms. The number of carbonyl (C=O) groups is 1. The third-order valence-corrected chi connectivity index (χ3v) is 6.91. The highest BCUT2D eigenvalue weighted by molar-refractivity contribution is 6.15. The van der Waals surface area contributed by atoms with E-state index in [-0.39, 0.29) is 11.5 Å². The highest BCUT2D eigenvalue weighted by Crippen LogP contribution is 2.44. The maximum atomic E-state index is 13.4. The van der Waals surface area contributed by atoms with Gasteiger partial charge in [0, 0.05) is 35.8 Å². The van der Waals surface area contributed by atoms with Crippen LogP contribution in [0.15, 0.2) is 48.2 Å². The number of para-hydroxylation sites is 1. The molecule has 0 aromatic heterocycles. The van der Waals surface area contributed by atoms with Crippen molar-refractivity contribution in [1.29, 1.82) is 0 Å². The van der Waals surface area contributed by atoms with E-state index in [1.165, 1.54) is 0 Å². The monoisotopic (exact) mass is 517 g/mol. The average molecular weight is 518 g/mol. The summed E-state index contributed by atoms with van der Waals surface area (Å²) in [7, 11) is 6.36. The summed E-state index contributed by atoms with van der Waals surface area (Å²) in [5.74, 6) is 3.80. The fourth-order valence-corrected chi connectivity index (χ4v) is 4.93. The first-order chi connectivity index (χ1) is 18.5. The van der Waals surface area contributed by atoms with Crippen molar-refractivity contribution in [2.45, 2.75) is 19.9 Å². The zero-order valence-electron chi connectivity index (χ0n) is 22.3. The zero-order valence-corrected chi connectivity index (χ0v) is 22.3. The van der Waals surface area contributed by atoms with E-state index in [1.807, 2.05) is 31.2 Å². The maximum Gasteiger partial charge on any atom is 0.231 e. The highest BCUT2D eigenvalue weighted by Gasteiger charge is 2.34. The molecule has 2 heterocycles. The summed E-state index contributed by atoms with van der Waals surface area (Å²) in [6.07, 6.45) is 2.50. The van der Waals surface area contributed by atoms with E-state index >= 15 is 0 Å². The second kappa shape index (κ2) is 10.7. The van der Waals surface area contributed by atoms with Crippen LogP contribution in [0.25, 0.3) is 6.08 Å². The summed E-state index contributed by atoms with van der Waals surface area (Å²) in [6, 6.07) is 13.4. The number of Topliss-reactive ketones (excluding diaryl/α,β-unsaturated/α-hetero) is 1. The van der Waals surface area contributed by atoms with Crippen molar-refractivity contribution in [3.05, 3.63) is 76.0 Å². The number of allylic oxidation sites excluding steroid dienone is 1. The molecular weight excluding hydrogens is 486 g/mol. The van der Waals surface area contributed by atoms with Crippen molar-refractivity contribution in [3.63, 3.8) is 0 Å². The Balaban J connectivity index is 1.39. The minimum absolute atomic E-state index is 0.186. The molecule has 0 radical (unpaired) electrons. The Kier molecular flexibility index (Phi) is 7.15. The summed E-state index contributed by atoms with van der Waals surface area (Å²) in [5.41, 5.74) is 4.10. The van der Waals surface area contributed by atoms with E-state index in [0.717, 1.165) is 41.2 Å². The SMILES string of the molecule is COc1cc(OC)c(OC)cc1/C=C1\Oc2c(cc3c(c2C)OCN(CCc2ccccc2OC)C3)C1=O. The Morgan fingerprint density at radius 1 is 0.895 bits per heavy atom. The lowest BCUT2D eigenvalue weighted by Gasteiger charge is -2.30. The van der Waals surface area contributed by atoms with Crippen molar-refractivity contribution >= 4 is 11.9 Å². The number of carbonyl (C=O) groups excluding carboxylic acids is 1. The molecule has 3 aromatic carbocycles. The second-order valence-corrected chi connectivity index (χ2v) is 9.14. The first-order valence-electron chi connectivity index (χ1n) is 12.3. The lowest BCUT2D eigenvalue weighted by atomic mass is 9.99. The quantitative estimate of drug-likeness (QED) is 0.385. The second-order valence-electron chi connectivity index (χ2n) is 9.14. The standard InChI is InChI=1S/C30H31NO7/c1-18-29-21(16-31(17-37-29)11-10-19-8-6-7-9-23(19)33-2)12-22-28(32)27(38-30(18)22)14-20-13-25(35-4)26(36-5)15-24(20)34-3/h6-9,12-15H,10-11,16-17H2,1-5H3/b27-14-. The van der Waals surface area contributed by atoms with Gasteiger partial charge in [-0.1, -0.05) is 18.2 Å². The minimum Gasteiger partial charge on any atom is -0.496 e. The van der Waals surface area contributed by atoms with Crippen LogP contribution in [-0.4, -0.2) is 52.4 Å². The first kappa shape index (κ1) is 25.5. The molecule has 5 rings (SSSR count). The van der Waals surface area contributed by atoms with Gasteiger partial charge < -0.3 is 28.4 Å². The molecule has 0 fully saturated rings. The first-order valence-corrected chi connectivity index (χ1v) is 12.3. The van der Waals surface area contributed by atoms with Gasteiger partial charge in [0.1, 0.15) is 29.7 Å². The predicted molar refractivity (Wildman–Crippen MR) is 143 cm³/mol. The maximum absolute atomic E-state index is 13.4. The van der Waals surface area contributed by atoms with Crippen LogP contribution in [0, 0.1) is 6.92 Å². The Morgan fingerprint density at radius 2 is 1.61 bits per heavy atom. The average Bonchev–Trinajstić information content (AvgIpc) is 3.26. The Morgan fingerprint density at radius 3 is 2.34 bits per heavy atom. The van der Waals surface area contributed by atoms with E-state index in [9.17, 15) is 4.79 Å². The number of hydrogen-bond acceptors (Lipinski definition) is 8. The van der Waals surface area contributed by atoms with Crippen molar-refractivity contribution in [2.75, 3.05) is 41.7 Å². The molecule has 3 aromatic rings. The summed E-state index contributed by atoms with van der Waals surface area (Å²) in [4.78, 5) is 15.6. The summed E-state index contributed by atoms with van der Waals surface area (Å²) in [6.45, 7) is 3.86. The largest absolute Gasteiger partial charge is 0.496 e. The molecule has 0 atom stereocenters. The fourth-order valence-electron chi connectivity index (χ4n) is 4.93. The summed E-state index contributed by atoms with van der Waals surface area (Å²) >= 11 is 0. The van der Waals surface area contributed by atoms with Crippen LogP contribution in [0.5, 0.6) is 34.5 Å². The number of fused-ring (bicyclic) bond motifs is 2. The van der Waals surface area contributed by atoms with Gasteiger partial charge in [-0.25, -0.2) is 0 Å². The van der Waals surface area contributed by atoms with E-state index in [4.69, 9.17) is 28.4 Å². The van der Waals surface area contributed by atoms with E-state index < -0.39 is 0 Å². The van der Waals surface area contributed by atoms with Crippen LogP contribution in [0.4, 0.5) is 0 Å². The third kappa shape index (κ3) is 4.63. The van der Waals surface area contributed by atoms with Gasteiger partial charge in [0.2, 0.25) is 5.78 Å². The number of ketones is 1. The number of methoxy groups -OCH3 is 4. The predicted octanol–water partition coefficient (Wildman–Crippen LogP) is 5.04. The lowest BCUT2D eigenvalue weighted by molar-refractivity contribution is 0.0952. The molecule has 2 aliphatic rings. The molecule has 0 amide bonds. The Bertz CT molecular complexity index is 1410. The number of hydrogen-bond donors (Lipinski definition) is 0. The smallest absolute Gasteiger partial charge is 0.231 e. The lowest BCUT2D eigenvalue weighted by Crippen LogP contribution is -2.34. The molecule has 0 aliphatic carbocycles. The highest BCUT2D eigenvalue weighted by atomic mass is 16.5. The molecule has 2 aliphatic heterocycles. The number of benzene rings is 3. The van der Waals surface area contributed by atoms with Gasteiger partial charge in [-0.05, 0) is 43.2 Å². The van der Waals surface area contributed by atoms with E-state index in [0.29, 0.717) is 47.4 Å². The van der Waals surface area contributed by atoms with Crippen molar-refractivity contribution in [2.24, 2.45) is 0 Å². The van der Waals surface area contributed by atoms with Gasteiger partial charge in [0.05, 0.1) is 34.0 Å². The van der Waals surface area contributed by atoms with Crippen LogP contribution in [0.3, 0.4) is 0 Å². The molecule has 8 nitrogen and oxygen atoms in total. The number of nitrogens with zero attached hydrogens (tertiary/aromatic N) is 1. The molecule has 0 N–H and O–H groups in total. The van der Waals surface area contributed by atoms with Crippen molar-refractivity contribution in [1.82, 2.24) is 4.90 Å². The Hall–Kier alpha value is -4.17. The van der Waals surface area contributed by atoms with Crippen LogP contribution in [-0.2, 0) is 13.0 Å². The zero-order chi connectivity index (χ0) is 26.8. The topological polar surface area (TPSA) is 75.7 Å².